The Morgan fingerprint density at radius 1 is 1.14 bits per heavy atom. The minimum atomic E-state index is -0.166. The summed E-state index contributed by atoms with van der Waals surface area (Å²) < 4.78 is 5.35. The molecule has 1 N–H and O–H groups in total. The normalized spacial score (nSPS) is 19.5. The number of nitrogens with zero attached hydrogens (tertiary/aromatic N) is 3. The maximum absolute atomic E-state index is 12.3. The second-order valence-corrected chi connectivity index (χ2v) is 5.73. The molecule has 3 rings (SSSR count). The van der Waals surface area contributed by atoms with Gasteiger partial charge in [-0.1, -0.05) is 18.2 Å². The molecule has 2 heterocycles. The van der Waals surface area contributed by atoms with Crippen LogP contribution < -0.4 is 5.32 Å². The maximum atomic E-state index is 12.3. The number of hydrogen-bond donors (Lipinski definition) is 1. The van der Waals surface area contributed by atoms with Gasteiger partial charge >= 0.3 is 6.03 Å². The standard InChI is InChI=1S/C15H20N4O2S/c20-14(16-13-4-2-1-3-5-13)19-7-6-18(15(19)22)12-17-8-10-21-11-9-17/h1-5H,6-12H2,(H,16,20). The molecule has 1 aromatic carbocycles. The molecule has 6 nitrogen and oxygen atoms in total. The molecule has 0 atom stereocenters. The second kappa shape index (κ2) is 7.04. The predicted octanol–water partition coefficient (Wildman–Crippen LogP) is 1.41. The molecule has 0 unspecified atom stereocenters. The van der Waals surface area contributed by atoms with Gasteiger partial charge in [0.15, 0.2) is 5.11 Å². The molecule has 0 aliphatic carbocycles. The topological polar surface area (TPSA) is 48.1 Å². The lowest BCUT2D eigenvalue weighted by Gasteiger charge is -2.31. The first-order chi connectivity index (χ1) is 10.7. The van der Waals surface area contributed by atoms with Crippen LogP contribution in [0.15, 0.2) is 30.3 Å². The lowest BCUT2D eigenvalue weighted by atomic mass is 10.3. The van der Waals surface area contributed by atoms with Gasteiger partial charge in [0.05, 0.1) is 19.9 Å². The highest BCUT2D eigenvalue weighted by Gasteiger charge is 2.30. The average Bonchev–Trinajstić information content (AvgIpc) is 2.90. The van der Waals surface area contributed by atoms with Gasteiger partial charge in [0.25, 0.3) is 0 Å². The summed E-state index contributed by atoms with van der Waals surface area (Å²) in [6.45, 7) is 5.51. The van der Waals surface area contributed by atoms with Gasteiger partial charge in [-0.05, 0) is 24.4 Å². The van der Waals surface area contributed by atoms with E-state index in [1.807, 2.05) is 30.3 Å². The van der Waals surface area contributed by atoms with E-state index in [0.717, 1.165) is 45.2 Å². The van der Waals surface area contributed by atoms with E-state index >= 15 is 0 Å². The molecule has 0 aromatic heterocycles. The molecule has 118 valence electrons. The van der Waals surface area contributed by atoms with Crippen LogP contribution in [0.2, 0.25) is 0 Å². The van der Waals surface area contributed by atoms with Gasteiger partial charge < -0.3 is 15.0 Å². The molecule has 22 heavy (non-hydrogen) atoms. The summed E-state index contributed by atoms with van der Waals surface area (Å²) in [6.07, 6.45) is 0. The van der Waals surface area contributed by atoms with Crippen LogP contribution in [0.1, 0.15) is 0 Å². The first-order valence-electron chi connectivity index (χ1n) is 7.46. The van der Waals surface area contributed by atoms with Gasteiger partial charge in [-0.2, -0.15) is 0 Å². The van der Waals surface area contributed by atoms with Gasteiger partial charge in [0.1, 0.15) is 0 Å². The summed E-state index contributed by atoms with van der Waals surface area (Å²) in [6, 6.07) is 9.26. The number of carbonyl (C=O) groups is 1. The number of ether oxygens (including phenoxy) is 1. The fourth-order valence-electron chi connectivity index (χ4n) is 2.60. The molecule has 0 spiro atoms. The summed E-state index contributed by atoms with van der Waals surface area (Å²) >= 11 is 5.46. The van der Waals surface area contributed by atoms with Crippen molar-refractivity contribution in [1.82, 2.24) is 14.7 Å². The Hall–Kier alpha value is -1.70. The Morgan fingerprint density at radius 3 is 2.59 bits per heavy atom. The molecule has 2 amide bonds. The first-order valence-corrected chi connectivity index (χ1v) is 7.87. The van der Waals surface area contributed by atoms with Gasteiger partial charge in [-0.25, -0.2) is 4.79 Å². The zero-order valence-electron chi connectivity index (χ0n) is 12.4. The number of morpholine rings is 1. The summed E-state index contributed by atoms with van der Waals surface area (Å²) in [5, 5.41) is 3.47. The van der Waals surface area contributed by atoms with E-state index in [0.29, 0.717) is 11.7 Å². The van der Waals surface area contributed by atoms with Crippen molar-refractivity contribution in [1.29, 1.82) is 0 Å². The number of urea groups is 1. The third kappa shape index (κ3) is 3.55. The zero-order valence-corrected chi connectivity index (χ0v) is 13.2. The number of para-hydroxylation sites is 1. The average molecular weight is 320 g/mol. The van der Waals surface area contributed by atoms with Crippen LogP contribution >= 0.6 is 12.2 Å². The molecule has 2 aliphatic heterocycles. The van der Waals surface area contributed by atoms with E-state index in [9.17, 15) is 4.79 Å². The SMILES string of the molecule is O=C(Nc1ccccc1)N1CCN(CN2CCOCC2)C1=S. The second-order valence-electron chi connectivity index (χ2n) is 5.37. The largest absolute Gasteiger partial charge is 0.379 e. The fourth-order valence-corrected chi connectivity index (χ4v) is 2.92. The Kier molecular flexibility index (Phi) is 4.87. The number of nitrogens with one attached hydrogen (secondary N) is 1. The van der Waals surface area contributed by atoms with Crippen LogP contribution in [-0.2, 0) is 4.74 Å². The highest BCUT2D eigenvalue weighted by Crippen LogP contribution is 2.14. The van der Waals surface area contributed by atoms with Gasteiger partial charge in [-0.3, -0.25) is 9.80 Å². The van der Waals surface area contributed by atoms with Crippen LogP contribution in [0.25, 0.3) is 0 Å². The molecule has 7 heteroatoms. The Morgan fingerprint density at radius 2 is 1.86 bits per heavy atom. The lowest BCUT2D eigenvalue weighted by Crippen LogP contribution is -2.46. The van der Waals surface area contributed by atoms with Crippen molar-refractivity contribution in [2.24, 2.45) is 0 Å². The zero-order chi connectivity index (χ0) is 15.4. The molecule has 2 fully saturated rings. The first kappa shape index (κ1) is 15.2. The van der Waals surface area contributed by atoms with E-state index in [-0.39, 0.29) is 6.03 Å². The number of hydrogen-bond acceptors (Lipinski definition) is 4. The third-order valence-corrected chi connectivity index (χ3v) is 4.32. The lowest BCUT2D eigenvalue weighted by molar-refractivity contribution is 0.0231. The van der Waals surface area contributed by atoms with Crippen LogP contribution in [0, 0.1) is 0 Å². The van der Waals surface area contributed by atoms with Crippen molar-refractivity contribution < 1.29 is 9.53 Å². The molecule has 1 aromatic rings. The van der Waals surface area contributed by atoms with Gasteiger partial charge in [-0.15, -0.1) is 0 Å². The van der Waals surface area contributed by atoms with Crippen LogP contribution in [0.3, 0.4) is 0 Å². The van der Waals surface area contributed by atoms with Gasteiger partial charge in [0.2, 0.25) is 0 Å². The van der Waals surface area contributed by atoms with Crippen molar-refractivity contribution in [2.45, 2.75) is 0 Å². The number of thiocarbonyl (C=S) groups is 1. The van der Waals surface area contributed by atoms with Crippen molar-refractivity contribution in [2.75, 3.05) is 51.4 Å². The van der Waals surface area contributed by atoms with Crippen molar-refractivity contribution in [3.63, 3.8) is 0 Å². The highest BCUT2D eigenvalue weighted by atomic mass is 32.1. The molecule has 0 bridgehead atoms. The van der Waals surface area contributed by atoms with E-state index in [1.54, 1.807) is 4.90 Å². The van der Waals surface area contributed by atoms with E-state index in [1.165, 1.54) is 0 Å². The molecular weight excluding hydrogens is 300 g/mol. The number of carbonyl (C=O) groups excluding carboxylic acids is 1. The molecular formula is C15H20N4O2S. The van der Waals surface area contributed by atoms with Crippen molar-refractivity contribution in [3.8, 4) is 0 Å². The summed E-state index contributed by atoms with van der Waals surface area (Å²) in [7, 11) is 0. The molecule has 0 radical (unpaired) electrons. The maximum Gasteiger partial charge on any atom is 0.328 e. The summed E-state index contributed by atoms with van der Waals surface area (Å²) in [5.74, 6) is 0. The minimum absolute atomic E-state index is 0.166. The van der Waals surface area contributed by atoms with Crippen LogP contribution in [-0.4, -0.2) is 71.9 Å². The molecule has 2 aliphatic rings. The van der Waals surface area contributed by atoms with Crippen LogP contribution in [0.5, 0.6) is 0 Å². The Labute approximate surface area is 135 Å². The quantitative estimate of drug-likeness (QED) is 0.854. The predicted molar refractivity (Wildman–Crippen MR) is 88.7 cm³/mol. The third-order valence-electron chi connectivity index (χ3n) is 3.84. The molecule has 2 saturated heterocycles. The van der Waals surface area contributed by atoms with Gasteiger partial charge in [0, 0.05) is 31.9 Å². The Bertz CT molecular complexity index is 534. The van der Waals surface area contributed by atoms with Crippen LogP contribution in [0.4, 0.5) is 10.5 Å². The highest BCUT2D eigenvalue weighted by molar-refractivity contribution is 7.80. The molecule has 0 saturated carbocycles. The summed E-state index contributed by atoms with van der Waals surface area (Å²) in [4.78, 5) is 18.3. The monoisotopic (exact) mass is 320 g/mol. The van der Waals surface area contributed by atoms with Crippen molar-refractivity contribution in [3.05, 3.63) is 30.3 Å². The number of amides is 2. The summed E-state index contributed by atoms with van der Waals surface area (Å²) in [5.41, 5.74) is 0.780. The number of rotatable bonds is 3. The number of benzene rings is 1. The fraction of sp³-hybridized carbons (Fsp3) is 0.467. The minimum Gasteiger partial charge on any atom is -0.379 e. The van der Waals surface area contributed by atoms with E-state index in [2.05, 4.69) is 15.1 Å². The smallest absolute Gasteiger partial charge is 0.328 e. The van der Waals surface area contributed by atoms with E-state index < -0.39 is 0 Å². The Balaban J connectivity index is 1.55. The van der Waals surface area contributed by atoms with Crippen molar-refractivity contribution >= 4 is 29.0 Å². The number of anilines is 1. The van der Waals surface area contributed by atoms with E-state index in [4.69, 9.17) is 17.0 Å².